The molecule has 2 aliphatic rings. The van der Waals surface area contributed by atoms with Crippen LogP contribution in [-0.4, -0.2) is 52.6 Å². The van der Waals surface area contributed by atoms with Crippen molar-refractivity contribution in [3.05, 3.63) is 37.2 Å². The van der Waals surface area contributed by atoms with Gasteiger partial charge in [0, 0.05) is 55.9 Å². The number of nitrogens with zero attached hydrogens (tertiary/aromatic N) is 5. The van der Waals surface area contributed by atoms with E-state index in [1.54, 1.807) is 6.33 Å². The van der Waals surface area contributed by atoms with Crippen molar-refractivity contribution in [1.29, 1.82) is 0 Å². The number of hydrogen-bond acceptors (Lipinski definition) is 5. The van der Waals surface area contributed by atoms with E-state index in [9.17, 15) is 0 Å². The Hall–Kier alpha value is -2.01. The first-order chi connectivity index (χ1) is 10.9. The summed E-state index contributed by atoms with van der Waals surface area (Å²) in [6.07, 6.45) is 11.8. The second-order valence-corrected chi connectivity index (χ2v) is 6.31. The molecule has 0 N–H and O–H groups in total. The fourth-order valence-corrected chi connectivity index (χ4v) is 3.61. The van der Waals surface area contributed by atoms with E-state index in [0.29, 0.717) is 0 Å². The molecule has 2 unspecified atom stereocenters. The third kappa shape index (κ3) is 3.50. The number of anilines is 1. The molecule has 2 aromatic heterocycles. The fourth-order valence-electron chi connectivity index (χ4n) is 3.61. The highest BCUT2D eigenvalue weighted by Crippen LogP contribution is 2.27. The van der Waals surface area contributed by atoms with Gasteiger partial charge in [-0.25, -0.2) is 9.97 Å². The minimum Gasteiger partial charge on any atom is -0.369 e. The summed E-state index contributed by atoms with van der Waals surface area (Å²) in [6.45, 7) is 5.93. The van der Waals surface area contributed by atoms with E-state index in [0.717, 1.165) is 36.7 Å². The van der Waals surface area contributed by atoms with Crippen molar-refractivity contribution in [1.82, 2.24) is 19.9 Å². The molecule has 2 atom stereocenters. The molecule has 2 fully saturated rings. The van der Waals surface area contributed by atoms with E-state index in [4.69, 9.17) is 0 Å². The number of hydrogen-bond donors (Lipinski definition) is 0. The van der Waals surface area contributed by atoms with Crippen molar-refractivity contribution in [3.63, 3.8) is 0 Å². The first kappa shape index (κ1) is 15.9. The zero-order valence-corrected chi connectivity index (χ0v) is 12.7. The van der Waals surface area contributed by atoms with Crippen LogP contribution in [0.3, 0.4) is 0 Å². The van der Waals surface area contributed by atoms with Crippen molar-refractivity contribution >= 4 is 5.69 Å². The highest BCUT2D eigenvalue weighted by atomic mass is 15.2. The smallest absolute Gasteiger partial charge is 0.115 e. The van der Waals surface area contributed by atoms with E-state index < -0.39 is 0 Å². The number of rotatable bonds is 2. The van der Waals surface area contributed by atoms with Crippen molar-refractivity contribution < 1.29 is 0 Å². The molecule has 0 radical (unpaired) electrons. The lowest BCUT2D eigenvalue weighted by atomic mass is 9.98. The van der Waals surface area contributed by atoms with E-state index in [1.165, 1.54) is 31.6 Å². The molecule has 0 aromatic carbocycles. The highest BCUT2D eigenvalue weighted by Gasteiger charge is 2.26. The zero-order chi connectivity index (χ0) is 14.8. The summed E-state index contributed by atoms with van der Waals surface area (Å²) in [5, 5.41) is 0. The molecule has 5 nitrogen and oxygen atoms in total. The number of piperidine rings is 1. The standard InChI is InChI=1S/C17H21N5.CH4/c1-2-14-11-21(3-1)4-5-22(12-14)17-6-15(7-18-10-17)16-8-19-13-20-9-16;/h6-10,13-14H,1-5,11-12H2;1H4. The fraction of sp³-hybridized carbons (Fsp3) is 0.500. The average molecular weight is 311 g/mol. The number of pyridine rings is 1. The topological polar surface area (TPSA) is 45.2 Å². The van der Waals surface area contributed by atoms with E-state index in [2.05, 4.69) is 30.8 Å². The summed E-state index contributed by atoms with van der Waals surface area (Å²) >= 11 is 0. The Labute approximate surface area is 138 Å². The van der Waals surface area contributed by atoms with Crippen LogP contribution in [0.15, 0.2) is 37.2 Å². The Morgan fingerprint density at radius 1 is 0.870 bits per heavy atom. The second kappa shape index (κ2) is 7.04. The Kier molecular flexibility index (Phi) is 4.86. The molecule has 0 aliphatic carbocycles. The predicted octanol–water partition coefficient (Wildman–Crippen LogP) is 2.71. The van der Waals surface area contributed by atoms with Gasteiger partial charge in [-0.2, -0.15) is 0 Å². The first-order valence-corrected chi connectivity index (χ1v) is 8.06. The lowest BCUT2D eigenvalue weighted by Crippen LogP contribution is -2.35. The molecule has 2 saturated heterocycles. The van der Waals surface area contributed by atoms with Gasteiger partial charge in [-0.3, -0.25) is 4.98 Å². The summed E-state index contributed by atoms with van der Waals surface area (Å²) in [7, 11) is 0. The van der Waals surface area contributed by atoms with Crippen LogP contribution in [0, 0.1) is 5.92 Å². The molecule has 122 valence electrons. The molecular formula is C18H25N5. The van der Waals surface area contributed by atoms with Gasteiger partial charge in [0.25, 0.3) is 0 Å². The van der Waals surface area contributed by atoms with Gasteiger partial charge in [-0.15, -0.1) is 0 Å². The zero-order valence-electron chi connectivity index (χ0n) is 12.7. The molecule has 2 aliphatic heterocycles. The van der Waals surface area contributed by atoms with Crippen molar-refractivity contribution in [2.75, 3.05) is 37.6 Å². The van der Waals surface area contributed by atoms with Crippen LogP contribution in [0.5, 0.6) is 0 Å². The molecular weight excluding hydrogens is 286 g/mol. The maximum absolute atomic E-state index is 4.44. The van der Waals surface area contributed by atoms with Gasteiger partial charge in [0.15, 0.2) is 0 Å². The minimum atomic E-state index is 0. The van der Waals surface area contributed by atoms with Crippen LogP contribution >= 0.6 is 0 Å². The van der Waals surface area contributed by atoms with Crippen LogP contribution in [0.1, 0.15) is 20.3 Å². The lowest BCUT2D eigenvalue weighted by molar-refractivity contribution is 0.201. The van der Waals surface area contributed by atoms with Gasteiger partial charge in [0.2, 0.25) is 0 Å². The van der Waals surface area contributed by atoms with Crippen LogP contribution in [0.2, 0.25) is 0 Å². The molecule has 2 bridgehead atoms. The summed E-state index contributed by atoms with van der Waals surface area (Å²) in [6, 6.07) is 2.22. The summed E-state index contributed by atoms with van der Waals surface area (Å²) in [5.74, 6) is 0.792. The second-order valence-electron chi connectivity index (χ2n) is 6.31. The van der Waals surface area contributed by atoms with Gasteiger partial charge >= 0.3 is 0 Å². The summed E-state index contributed by atoms with van der Waals surface area (Å²) in [4.78, 5) is 17.8. The SMILES string of the molecule is C.c1ncc(-c2cncc(N3CCN4CCCC(C4)C3)c2)cn1. The molecule has 4 rings (SSSR count). The Balaban J connectivity index is 0.00000156. The maximum Gasteiger partial charge on any atom is 0.115 e. The van der Waals surface area contributed by atoms with Crippen LogP contribution in [0.25, 0.3) is 11.1 Å². The van der Waals surface area contributed by atoms with Crippen LogP contribution in [0.4, 0.5) is 5.69 Å². The normalized spacial score (nSPS) is 23.7. The molecule has 0 amide bonds. The first-order valence-electron chi connectivity index (χ1n) is 8.06. The molecule has 0 spiro atoms. The molecule has 0 saturated carbocycles. The molecule has 4 heterocycles. The Morgan fingerprint density at radius 2 is 1.70 bits per heavy atom. The van der Waals surface area contributed by atoms with Gasteiger partial charge in [-0.05, 0) is 31.4 Å². The van der Waals surface area contributed by atoms with Gasteiger partial charge in [0.05, 0.1) is 11.9 Å². The molecule has 5 heteroatoms. The van der Waals surface area contributed by atoms with Crippen LogP contribution in [-0.2, 0) is 0 Å². The van der Waals surface area contributed by atoms with Crippen molar-refractivity contribution in [3.8, 4) is 11.1 Å². The number of fused-ring (bicyclic) bond motifs is 2. The predicted molar refractivity (Wildman–Crippen MR) is 93.4 cm³/mol. The molecule has 23 heavy (non-hydrogen) atoms. The number of aromatic nitrogens is 3. The minimum absolute atomic E-state index is 0. The Morgan fingerprint density at radius 3 is 2.57 bits per heavy atom. The molecule has 2 aromatic rings. The lowest BCUT2D eigenvalue weighted by Gasteiger charge is -2.29. The van der Waals surface area contributed by atoms with E-state index >= 15 is 0 Å². The van der Waals surface area contributed by atoms with Crippen molar-refractivity contribution in [2.24, 2.45) is 5.92 Å². The maximum atomic E-state index is 4.44. The summed E-state index contributed by atoms with van der Waals surface area (Å²) < 4.78 is 0. The van der Waals surface area contributed by atoms with E-state index in [-0.39, 0.29) is 7.43 Å². The van der Waals surface area contributed by atoms with Crippen LogP contribution < -0.4 is 4.90 Å². The largest absolute Gasteiger partial charge is 0.369 e. The third-order valence-corrected chi connectivity index (χ3v) is 4.75. The monoisotopic (exact) mass is 311 g/mol. The van der Waals surface area contributed by atoms with E-state index in [1.807, 2.05) is 24.8 Å². The van der Waals surface area contributed by atoms with Gasteiger partial charge in [0.1, 0.15) is 6.33 Å². The average Bonchev–Trinajstić information content (AvgIpc) is 2.74. The highest BCUT2D eigenvalue weighted by molar-refractivity contribution is 5.65. The Bertz CT molecular complexity index is 630. The van der Waals surface area contributed by atoms with Gasteiger partial charge in [-0.1, -0.05) is 7.43 Å². The third-order valence-electron chi connectivity index (χ3n) is 4.75. The van der Waals surface area contributed by atoms with Gasteiger partial charge < -0.3 is 9.80 Å². The van der Waals surface area contributed by atoms with Crippen molar-refractivity contribution in [2.45, 2.75) is 20.3 Å². The summed E-state index contributed by atoms with van der Waals surface area (Å²) in [5.41, 5.74) is 3.33. The quantitative estimate of drug-likeness (QED) is 0.853.